The Labute approximate surface area is 85.9 Å². The van der Waals surface area contributed by atoms with Crippen molar-refractivity contribution in [1.29, 1.82) is 0 Å². The van der Waals surface area contributed by atoms with E-state index in [-0.39, 0.29) is 11.1 Å². The standard InChI is InChI=1S/C9H10N4O2/c10-9-11-6-4-8-5(1-2-15-8)3-7(6)13(14)12-9/h3-4,13H,1-2H2,(H3,10,11,12). The number of nitrogens with one attached hydrogen (secondary N) is 2. The predicted molar refractivity (Wildman–Crippen MR) is 54.9 cm³/mol. The molecule has 0 spiro atoms. The first kappa shape index (κ1) is 8.51. The van der Waals surface area contributed by atoms with E-state index in [2.05, 4.69) is 10.4 Å². The van der Waals surface area contributed by atoms with Gasteiger partial charge in [-0.3, -0.25) is 0 Å². The molecule has 4 N–H and O–H groups in total. The van der Waals surface area contributed by atoms with Crippen LogP contribution in [0.25, 0.3) is 0 Å². The summed E-state index contributed by atoms with van der Waals surface area (Å²) in [5.74, 6) is 0.953. The van der Waals surface area contributed by atoms with Gasteiger partial charge < -0.3 is 21.0 Å². The molecule has 78 valence electrons. The molecule has 0 amide bonds. The molecule has 0 saturated heterocycles. The van der Waals surface area contributed by atoms with Crippen LogP contribution in [-0.2, 0) is 6.42 Å². The molecule has 1 atom stereocenters. The minimum absolute atomic E-state index is 0.130. The van der Waals surface area contributed by atoms with E-state index in [4.69, 9.17) is 10.5 Å². The number of hydrogen-bond donors (Lipinski definition) is 3. The first-order valence-corrected chi connectivity index (χ1v) is 4.69. The summed E-state index contributed by atoms with van der Waals surface area (Å²) in [6, 6.07) is 3.63. The summed E-state index contributed by atoms with van der Waals surface area (Å²) in [6.07, 6.45) is 0.842. The maximum absolute atomic E-state index is 11.5. The number of rotatable bonds is 0. The summed E-state index contributed by atoms with van der Waals surface area (Å²) in [7, 11) is 0. The van der Waals surface area contributed by atoms with Gasteiger partial charge in [0, 0.05) is 24.1 Å². The lowest BCUT2D eigenvalue weighted by Gasteiger charge is -2.23. The summed E-state index contributed by atoms with van der Waals surface area (Å²) in [5.41, 5.74) is 7.76. The van der Waals surface area contributed by atoms with E-state index in [1.54, 1.807) is 6.07 Å². The van der Waals surface area contributed by atoms with Crippen LogP contribution in [0.3, 0.4) is 0 Å². The molecule has 2 heterocycles. The SMILES string of the molecule is NC1=N[NH+]([O-])c2cc3c(cc2N1)OCC3. The molecule has 0 radical (unpaired) electrons. The molecular formula is C9H10N4O2. The van der Waals surface area contributed by atoms with Gasteiger partial charge in [-0.25, -0.2) is 5.17 Å². The van der Waals surface area contributed by atoms with E-state index in [1.807, 2.05) is 6.07 Å². The maximum Gasteiger partial charge on any atom is 0.252 e. The highest BCUT2D eigenvalue weighted by atomic mass is 16.5. The average molecular weight is 206 g/mol. The lowest BCUT2D eigenvalue weighted by Crippen LogP contribution is -2.98. The highest BCUT2D eigenvalue weighted by molar-refractivity contribution is 5.95. The van der Waals surface area contributed by atoms with Gasteiger partial charge in [-0.15, -0.1) is 0 Å². The first-order valence-electron chi connectivity index (χ1n) is 4.69. The Kier molecular flexibility index (Phi) is 1.62. The summed E-state index contributed by atoms with van der Waals surface area (Å²) >= 11 is 0. The van der Waals surface area contributed by atoms with E-state index < -0.39 is 0 Å². The molecule has 1 aromatic rings. The third-order valence-electron chi connectivity index (χ3n) is 2.54. The van der Waals surface area contributed by atoms with E-state index in [1.165, 1.54) is 0 Å². The number of anilines is 1. The zero-order valence-electron chi connectivity index (χ0n) is 7.91. The second kappa shape index (κ2) is 2.85. The van der Waals surface area contributed by atoms with Gasteiger partial charge in [0.05, 0.1) is 6.61 Å². The molecule has 15 heavy (non-hydrogen) atoms. The number of quaternary nitrogens is 1. The van der Waals surface area contributed by atoms with Crippen molar-refractivity contribution in [2.75, 3.05) is 11.9 Å². The second-order valence-corrected chi connectivity index (χ2v) is 3.53. The van der Waals surface area contributed by atoms with Gasteiger partial charge in [0.25, 0.3) is 5.96 Å². The molecule has 0 fully saturated rings. The van der Waals surface area contributed by atoms with E-state index >= 15 is 0 Å². The lowest BCUT2D eigenvalue weighted by molar-refractivity contribution is -0.783. The van der Waals surface area contributed by atoms with Crippen molar-refractivity contribution in [3.05, 3.63) is 22.9 Å². The van der Waals surface area contributed by atoms with Crippen LogP contribution in [0.15, 0.2) is 17.2 Å². The quantitative estimate of drug-likeness (QED) is 0.489. The fourth-order valence-corrected chi connectivity index (χ4v) is 1.84. The summed E-state index contributed by atoms with van der Waals surface area (Å²) in [5, 5.41) is 17.8. The fourth-order valence-electron chi connectivity index (χ4n) is 1.84. The molecule has 1 unspecified atom stereocenters. The van der Waals surface area contributed by atoms with E-state index in [0.717, 1.165) is 17.7 Å². The Hall–Kier alpha value is -1.79. The highest BCUT2D eigenvalue weighted by Gasteiger charge is 2.23. The highest BCUT2D eigenvalue weighted by Crippen LogP contribution is 2.33. The van der Waals surface area contributed by atoms with Crippen LogP contribution in [0.1, 0.15) is 5.56 Å². The number of fused-ring (bicyclic) bond motifs is 2. The molecule has 2 aliphatic rings. The van der Waals surface area contributed by atoms with Gasteiger partial charge in [0.1, 0.15) is 11.4 Å². The van der Waals surface area contributed by atoms with Crippen LogP contribution in [0.5, 0.6) is 5.75 Å². The van der Waals surface area contributed by atoms with E-state index in [0.29, 0.717) is 18.0 Å². The molecule has 6 heteroatoms. The lowest BCUT2D eigenvalue weighted by atomic mass is 10.1. The zero-order valence-corrected chi connectivity index (χ0v) is 7.91. The summed E-state index contributed by atoms with van der Waals surface area (Å²) < 4.78 is 5.40. The van der Waals surface area contributed by atoms with Crippen molar-refractivity contribution >= 4 is 17.3 Å². The molecule has 0 aliphatic carbocycles. The Morgan fingerprint density at radius 3 is 3.27 bits per heavy atom. The van der Waals surface area contributed by atoms with Crippen LogP contribution in [0.2, 0.25) is 0 Å². The van der Waals surface area contributed by atoms with Crippen LogP contribution in [0.4, 0.5) is 11.4 Å². The molecule has 0 bridgehead atoms. The monoisotopic (exact) mass is 206 g/mol. The topological polar surface area (TPSA) is 87.1 Å². The van der Waals surface area contributed by atoms with Crippen molar-refractivity contribution in [2.24, 2.45) is 10.8 Å². The van der Waals surface area contributed by atoms with Crippen molar-refractivity contribution in [3.8, 4) is 5.75 Å². The third kappa shape index (κ3) is 1.23. The first-order chi connectivity index (χ1) is 7.24. The van der Waals surface area contributed by atoms with Crippen LogP contribution in [0, 0.1) is 5.21 Å². The summed E-state index contributed by atoms with van der Waals surface area (Å²) in [6.45, 7) is 0.669. The predicted octanol–water partition coefficient (Wildman–Crippen LogP) is -0.709. The van der Waals surface area contributed by atoms with Crippen molar-refractivity contribution in [2.45, 2.75) is 6.42 Å². The van der Waals surface area contributed by atoms with Gasteiger partial charge in [-0.05, 0) is 5.10 Å². The number of benzene rings is 1. The van der Waals surface area contributed by atoms with Gasteiger partial charge >= 0.3 is 0 Å². The van der Waals surface area contributed by atoms with Crippen LogP contribution >= 0.6 is 0 Å². The Balaban J connectivity index is 2.13. The van der Waals surface area contributed by atoms with Gasteiger partial charge in [0.15, 0.2) is 5.69 Å². The smallest absolute Gasteiger partial charge is 0.252 e. The number of guanidine groups is 1. The molecule has 0 aromatic heterocycles. The minimum atomic E-state index is -0.295. The largest absolute Gasteiger partial charge is 0.601 e. The number of nitrogens with zero attached hydrogens (tertiary/aromatic N) is 1. The van der Waals surface area contributed by atoms with Gasteiger partial charge in [-0.1, -0.05) is 0 Å². The Morgan fingerprint density at radius 1 is 1.53 bits per heavy atom. The van der Waals surface area contributed by atoms with Crippen LogP contribution < -0.4 is 21.0 Å². The molecule has 1 aromatic carbocycles. The Bertz CT molecular complexity index is 458. The normalized spacial score (nSPS) is 22.2. The number of ether oxygens (including phenoxy) is 1. The Morgan fingerprint density at radius 2 is 2.40 bits per heavy atom. The fraction of sp³-hybridized carbons (Fsp3) is 0.222. The molecule has 6 nitrogen and oxygen atoms in total. The number of hydrogen-bond acceptors (Lipinski definition) is 5. The van der Waals surface area contributed by atoms with E-state index in [9.17, 15) is 5.21 Å². The average Bonchev–Trinajstić information content (AvgIpc) is 2.61. The molecular weight excluding hydrogens is 196 g/mol. The maximum atomic E-state index is 11.5. The number of nitrogens with two attached hydrogens (primary N) is 1. The minimum Gasteiger partial charge on any atom is -0.601 e. The summed E-state index contributed by atoms with van der Waals surface area (Å²) in [4.78, 5) is 0. The van der Waals surface area contributed by atoms with Crippen LogP contribution in [-0.4, -0.2) is 12.6 Å². The third-order valence-corrected chi connectivity index (χ3v) is 2.54. The van der Waals surface area contributed by atoms with Crippen molar-refractivity contribution < 1.29 is 9.91 Å². The van der Waals surface area contributed by atoms with Gasteiger partial charge in [0.2, 0.25) is 0 Å². The van der Waals surface area contributed by atoms with Crippen molar-refractivity contribution in [1.82, 2.24) is 0 Å². The molecule has 0 saturated carbocycles. The zero-order chi connectivity index (χ0) is 10.4. The second-order valence-electron chi connectivity index (χ2n) is 3.53. The van der Waals surface area contributed by atoms with Gasteiger partial charge in [-0.2, -0.15) is 0 Å². The molecule has 3 rings (SSSR count). The van der Waals surface area contributed by atoms with Crippen molar-refractivity contribution in [3.63, 3.8) is 0 Å². The molecule has 2 aliphatic heterocycles.